The van der Waals surface area contributed by atoms with Crippen LogP contribution >= 0.6 is 11.6 Å². The fourth-order valence-electron chi connectivity index (χ4n) is 5.43. The number of hydrogen-bond donors (Lipinski definition) is 2. The first-order valence-corrected chi connectivity index (χ1v) is 12.8. The molecule has 0 saturated carbocycles. The number of pyridine rings is 1. The van der Waals surface area contributed by atoms with E-state index in [2.05, 4.69) is 21.6 Å². The third-order valence-corrected chi connectivity index (χ3v) is 7.56. The Morgan fingerprint density at radius 1 is 1.14 bits per heavy atom. The van der Waals surface area contributed by atoms with Crippen molar-refractivity contribution in [3.05, 3.63) is 74.5 Å². The lowest BCUT2D eigenvalue weighted by Gasteiger charge is -2.37. The molecule has 2 saturated heterocycles. The van der Waals surface area contributed by atoms with E-state index in [1.54, 1.807) is 18.3 Å². The largest absolute Gasteiger partial charge is 0.482 e. The molecule has 3 aromatic rings. The van der Waals surface area contributed by atoms with E-state index < -0.39 is 0 Å². The van der Waals surface area contributed by atoms with Gasteiger partial charge in [-0.15, -0.1) is 0 Å². The van der Waals surface area contributed by atoms with Gasteiger partial charge in [-0.2, -0.15) is 0 Å². The molecule has 6 rings (SSSR count). The minimum absolute atomic E-state index is 0.147. The highest BCUT2D eigenvalue weighted by Crippen LogP contribution is 2.37. The minimum atomic E-state index is -0.385. The third-order valence-electron chi connectivity index (χ3n) is 7.31. The lowest BCUT2D eigenvalue weighted by Crippen LogP contribution is -2.46. The topological polar surface area (TPSA) is 84.8 Å². The summed E-state index contributed by atoms with van der Waals surface area (Å²) in [6, 6.07) is 11.3. The highest BCUT2D eigenvalue weighted by atomic mass is 35.5. The van der Waals surface area contributed by atoms with Crippen LogP contribution in [0.5, 0.6) is 5.75 Å². The fraction of sp³-hybridized carbons (Fsp3) is 0.407. The molecule has 36 heavy (non-hydrogen) atoms. The molecule has 0 bridgehead atoms. The number of aromatic nitrogens is 1. The van der Waals surface area contributed by atoms with Crippen LogP contribution in [0.2, 0.25) is 5.02 Å². The van der Waals surface area contributed by atoms with Crippen molar-refractivity contribution in [3.8, 4) is 5.75 Å². The number of rotatable bonds is 5. The van der Waals surface area contributed by atoms with Gasteiger partial charge in [-0.25, -0.2) is 0 Å². The van der Waals surface area contributed by atoms with E-state index in [9.17, 15) is 9.59 Å². The van der Waals surface area contributed by atoms with Crippen LogP contribution < -0.4 is 20.8 Å². The molecule has 4 heterocycles. The Bertz CT molecular complexity index is 1360. The summed E-state index contributed by atoms with van der Waals surface area (Å²) in [7, 11) is 0. The molecule has 1 unspecified atom stereocenters. The van der Waals surface area contributed by atoms with Gasteiger partial charge in [-0.3, -0.25) is 14.5 Å². The van der Waals surface area contributed by atoms with E-state index in [-0.39, 0.29) is 22.5 Å². The number of benzene rings is 2. The summed E-state index contributed by atoms with van der Waals surface area (Å²) in [5.41, 5.74) is 2.17. The molecule has 0 aliphatic carbocycles. The number of morpholine rings is 1. The maximum absolute atomic E-state index is 13.6. The van der Waals surface area contributed by atoms with Crippen molar-refractivity contribution in [2.24, 2.45) is 0 Å². The number of nitrogens with one attached hydrogen (secondary N) is 2. The predicted octanol–water partition coefficient (Wildman–Crippen LogP) is 2.54. The molecule has 1 atom stereocenters. The van der Waals surface area contributed by atoms with E-state index in [1.807, 2.05) is 22.8 Å². The molecule has 2 fully saturated rings. The highest BCUT2D eigenvalue weighted by molar-refractivity contribution is 6.30. The smallest absolute Gasteiger partial charge is 0.257 e. The van der Waals surface area contributed by atoms with Gasteiger partial charge in [-0.1, -0.05) is 23.7 Å². The van der Waals surface area contributed by atoms with E-state index in [1.165, 1.54) is 0 Å². The second-order valence-corrected chi connectivity index (χ2v) is 10.3. The molecular formula is C27H29ClN4O4. The van der Waals surface area contributed by atoms with Crippen molar-refractivity contribution in [1.82, 2.24) is 20.1 Å². The van der Waals surface area contributed by atoms with Gasteiger partial charge in [0.1, 0.15) is 16.9 Å². The summed E-state index contributed by atoms with van der Waals surface area (Å²) in [5.74, 6) is 0.335. The van der Waals surface area contributed by atoms with Gasteiger partial charge < -0.3 is 24.7 Å². The number of hydrogen-bond acceptors (Lipinski definition) is 6. The van der Waals surface area contributed by atoms with Crippen molar-refractivity contribution in [2.75, 3.05) is 39.4 Å². The zero-order valence-electron chi connectivity index (χ0n) is 20.0. The summed E-state index contributed by atoms with van der Waals surface area (Å²) < 4.78 is 14.1. The normalized spacial score (nSPS) is 21.6. The Morgan fingerprint density at radius 3 is 2.69 bits per heavy atom. The summed E-state index contributed by atoms with van der Waals surface area (Å²) >= 11 is 5.97. The molecule has 3 aliphatic heterocycles. The quantitative estimate of drug-likeness (QED) is 0.551. The predicted molar refractivity (Wildman–Crippen MR) is 138 cm³/mol. The molecular weight excluding hydrogens is 480 g/mol. The number of nitrogens with zero attached hydrogens (tertiary/aromatic N) is 2. The number of carbonyl (C=O) groups excluding carboxylic acids is 1. The van der Waals surface area contributed by atoms with Gasteiger partial charge in [0.2, 0.25) is 5.43 Å². The number of carbonyl (C=O) groups is 1. The molecule has 8 nitrogen and oxygen atoms in total. The van der Waals surface area contributed by atoms with E-state index in [4.69, 9.17) is 21.1 Å². The van der Waals surface area contributed by atoms with Crippen LogP contribution in [0, 0.1) is 0 Å². The fourth-order valence-corrected chi connectivity index (χ4v) is 5.56. The molecule has 1 spiro atoms. The Hall–Kier alpha value is -2.91. The average molecular weight is 509 g/mol. The van der Waals surface area contributed by atoms with Crippen molar-refractivity contribution >= 4 is 28.4 Å². The van der Waals surface area contributed by atoms with Gasteiger partial charge in [0.25, 0.3) is 5.91 Å². The lowest BCUT2D eigenvalue weighted by atomic mass is 9.98. The standard InChI is InChI=1S/C27H29ClN4O4/c28-20-3-1-18(2-4-20)13-30-26(34)22-15-32-17-27(5-6-29-16-27)36-23-12-19(11-21(24(23)32)25(22)33)14-31-7-9-35-10-8-31/h1-4,11-12,15,29H,5-10,13-14,16-17H2,(H,30,34). The first-order chi connectivity index (χ1) is 17.5. The molecule has 188 valence electrons. The van der Waals surface area contributed by atoms with Crippen LogP contribution in [0.3, 0.4) is 0 Å². The zero-order valence-corrected chi connectivity index (χ0v) is 20.8. The van der Waals surface area contributed by atoms with Gasteiger partial charge >= 0.3 is 0 Å². The number of halogens is 1. The molecule has 9 heteroatoms. The first-order valence-electron chi connectivity index (χ1n) is 12.4. The molecule has 0 radical (unpaired) electrons. The van der Waals surface area contributed by atoms with Crippen LogP contribution in [0.1, 0.15) is 27.9 Å². The van der Waals surface area contributed by atoms with Crippen molar-refractivity contribution < 1.29 is 14.3 Å². The highest BCUT2D eigenvalue weighted by Gasteiger charge is 2.40. The maximum atomic E-state index is 13.6. The van der Waals surface area contributed by atoms with E-state index in [0.717, 1.165) is 55.0 Å². The lowest BCUT2D eigenvalue weighted by molar-refractivity contribution is 0.0340. The van der Waals surface area contributed by atoms with Crippen LogP contribution in [-0.2, 0) is 24.4 Å². The molecule has 3 aliphatic rings. The maximum Gasteiger partial charge on any atom is 0.257 e. The Balaban J connectivity index is 1.38. The average Bonchev–Trinajstić information content (AvgIpc) is 3.32. The number of amides is 1. The van der Waals surface area contributed by atoms with Crippen molar-refractivity contribution in [1.29, 1.82) is 0 Å². The second-order valence-electron chi connectivity index (χ2n) is 9.90. The van der Waals surface area contributed by atoms with E-state index >= 15 is 0 Å². The molecule has 1 aromatic heterocycles. The Labute approximate surface area is 214 Å². The van der Waals surface area contributed by atoms with Crippen LogP contribution in [0.4, 0.5) is 0 Å². The van der Waals surface area contributed by atoms with E-state index in [0.29, 0.717) is 43.3 Å². The Kier molecular flexibility index (Phi) is 6.21. The minimum Gasteiger partial charge on any atom is -0.482 e. The summed E-state index contributed by atoms with van der Waals surface area (Å²) in [6.07, 6.45) is 2.57. The van der Waals surface area contributed by atoms with Gasteiger partial charge in [-0.05, 0) is 41.9 Å². The van der Waals surface area contributed by atoms with Gasteiger partial charge in [0.05, 0.1) is 30.7 Å². The van der Waals surface area contributed by atoms with Crippen LogP contribution in [0.15, 0.2) is 47.4 Å². The molecule has 1 amide bonds. The number of ether oxygens (including phenoxy) is 2. The molecule has 2 N–H and O–H groups in total. The molecule has 2 aromatic carbocycles. The van der Waals surface area contributed by atoms with Crippen LogP contribution in [0.25, 0.3) is 10.9 Å². The first kappa shape index (κ1) is 23.5. The summed E-state index contributed by atoms with van der Waals surface area (Å²) in [5, 5.41) is 7.47. The van der Waals surface area contributed by atoms with Gasteiger partial charge in [0.15, 0.2) is 0 Å². The van der Waals surface area contributed by atoms with Gasteiger partial charge in [0, 0.05) is 50.4 Å². The summed E-state index contributed by atoms with van der Waals surface area (Å²) in [4.78, 5) is 29.2. The zero-order chi connectivity index (χ0) is 24.7. The monoisotopic (exact) mass is 508 g/mol. The SMILES string of the molecule is O=C(NCc1ccc(Cl)cc1)c1cn2c3c(cc(CN4CCOCC4)cc3c1=O)OC1(CCNC1)C2. The third kappa shape index (κ3) is 4.50. The summed E-state index contributed by atoms with van der Waals surface area (Å²) in [6.45, 7) is 6.31. The van der Waals surface area contributed by atoms with Crippen molar-refractivity contribution in [3.63, 3.8) is 0 Å². The van der Waals surface area contributed by atoms with Crippen LogP contribution in [-0.4, -0.2) is 60.4 Å². The van der Waals surface area contributed by atoms with Crippen molar-refractivity contribution in [2.45, 2.75) is 31.7 Å². The second kappa shape index (κ2) is 9.52. The Morgan fingerprint density at radius 2 is 1.94 bits per heavy atom.